The number of hydrogen-bond acceptors (Lipinski definition) is 5. The van der Waals surface area contributed by atoms with E-state index in [1.165, 1.54) is 7.11 Å². The maximum absolute atomic E-state index is 11.5. The molecule has 1 N–H and O–H groups in total. The highest BCUT2D eigenvalue weighted by Crippen LogP contribution is 2.06. The van der Waals surface area contributed by atoms with E-state index in [2.05, 4.69) is 10.1 Å². The molecule has 0 aliphatic rings. The molecule has 0 aliphatic heterocycles. The van der Waals surface area contributed by atoms with E-state index in [0.717, 1.165) is 0 Å². The van der Waals surface area contributed by atoms with Gasteiger partial charge in [-0.15, -0.1) is 0 Å². The maximum Gasteiger partial charge on any atom is 0.328 e. The summed E-state index contributed by atoms with van der Waals surface area (Å²) in [6.07, 6.45) is 0.538. The molecule has 0 aromatic carbocycles. The van der Waals surface area contributed by atoms with E-state index in [9.17, 15) is 9.59 Å². The molecule has 106 valence electrons. The van der Waals surface area contributed by atoms with E-state index in [0.29, 0.717) is 19.6 Å². The molecule has 0 saturated carbocycles. The van der Waals surface area contributed by atoms with Crippen LogP contribution in [0.4, 0.5) is 0 Å². The third kappa shape index (κ3) is 8.03. The molecule has 1 amide bonds. The molecule has 1 atom stereocenters. The summed E-state index contributed by atoms with van der Waals surface area (Å²) in [4.78, 5) is 23.0. The Kier molecular flexibility index (Phi) is 9.22. The zero-order valence-electron chi connectivity index (χ0n) is 11.5. The highest BCUT2D eigenvalue weighted by atomic mass is 16.5. The Balaban J connectivity index is 4.06. The molecule has 0 saturated heterocycles. The molecule has 0 aromatic rings. The van der Waals surface area contributed by atoms with E-state index in [-0.39, 0.29) is 18.4 Å². The highest BCUT2D eigenvalue weighted by molar-refractivity contribution is 5.85. The lowest BCUT2D eigenvalue weighted by molar-refractivity contribution is -0.146. The SMILES string of the molecule is COCCOCC(=O)N[C@@H](CC(C)C)C(=O)OC. The molecule has 0 rings (SSSR count). The predicted octanol–water partition coefficient (Wildman–Crippen LogP) is 0.353. The Hall–Kier alpha value is -1.14. The number of esters is 1. The van der Waals surface area contributed by atoms with Gasteiger partial charge in [-0.05, 0) is 12.3 Å². The van der Waals surface area contributed by atoms with Gasteiger partial charge in [-0.3, -0.25) is 4.79 Å². The smallest absolute Gasteiger partial charge is 0.328 e. The van der Waals surface area contributed by atoms with Gasteiger partial charge in [-0.2, -0.15) is 0 Å². The van der Waals surface area contributed by atoms with Gasteiger partial charge in [0.15, 0.2) is 0 Å². The maximum atomic E-state index is 11.5. The first kappa shape index (κ1) is 16.9. The van der Waals surface area contributed by atoms with Crippen LogP contribution in [0.1, 0.15) is 20.3 Å². The lowest BCUT2D eigenvalue weighted by Crippen LogP contribution is -2.44. The average molecular weight is 261 g/mol. The van der Waals surface area contributed by atoms with E-state index in [1.54, 1.807) is 7.11 Å². The summed E-state index contributed by atoms with van der Waals surface area (Å²) in [6, 6.07) is -0.617. The third-order valence-corrected chi connectivity index (χ3v) is 2.19. The van der Waals surface area contributed by atoms with Crippen molar-refractivity contribution >= 4 is 11.9 Å². The molecule has 6 nitrogen and oxygen atoms in total. The number of methoxy groups -OCH3 is 2. The minimum absolute atomic E-state index is 0.0883. The zero-order valence-corrected chi connectivity index (χ0v) is 11.5. The number of rotatable bonds is 9. The first-order valence-electron chi connectivity index (χ1n) is 5.95. The fraction of sp³-hybridized carbons (Fsp3) is 0.833. The first-order valence-corrected chi connectivity index (χ1v) is 5.95. The van der Waals surface area contributed by atoms with Gasteiger partial charge >= 0.3 is 5.97 Å². The second-order valence-electron chi connectivity index (χ2n) is 4.32. The average Bonchev–Trinajstić information content (AvgIpc) is 2.32. The number of nitrogens with one attached hydrogen (secondary N) is 1. The fourth-order valence-electron chi connectivity index (χ4n) is 1.37. The molecular weight excluding hydrogens is 238 g/mol. The van der Waals surface area contributed by atoms with E-state index in [4.69, 9.17) is 9.47 Å². The molecule has 0 aliphatic carbocycles. The van der Waals surface area contributed by atoms with E-state index in [1.807, 2.05) is 13.8 Å². The number of amides is 1. The highest BCUT2D eigenvalue weighted by Gasteiger charge is 2.22. The topological polar surface area (TPSA) is 73.9 Å². The van der Waals surface area contributed by atoms with E-state index < -0.39 is 12.0 Å². The van der Waals surface area contributed by atoms with Crippen LogP contribution in [0, 0.1) is 5.92 Å². The van der Waals surface area contributed by atoms with Crippen molar-refractivity contribution in [2.24, 2.45) is 5.92 Å². The largest absolute Gasteiger partial charge is 0.467 e. The molecule has 0 spiro atoms. The molecule has 0 bridgehead atoms. The summed E-state index contributed by atoms with van der Waals surface area (Å²) >= 11 is 0. The summed E-state index contributed by atoms with van der Waals surface area (Å²) in [5.41, 5.74) is 0. The predicted molar refractivity (Wildman–Crippen MR) is 66.1 cm³/mol. The standard InChI is InChI=1S/C12H23NO5/c1-9(2)7-10(12(15)17-4)13-11(14)8-18-6-5-16-3/h9-10H,5-8H2,1-4H3,(H,13,14)/t10-/m0/s1. The van der Waals surface area contributed by atoms with Crippen molar-refractivity contribution in [3.05, 3.63) is 0 Å². The van der Waals surface area contributed by atoms with E-state index >= 15 is 0 Å². The van der Waals surface area contributed by atoms with Crippen LogP contribution in [-0.4, -0.2) is 52.0 Å². The summed E-state index contributed by atoms with van der Waals surface area (Å²) in [7, 11) is 2.86. The van der Waals surface area contributed by atoms with Crippen LogP contribution < -0.4 is 5.32 Å². The molecule has 0 fully saturated rings. The van der Waals surface area contributed by atoms with Gasteiger partial charge in [0.1, 0.15) is 12.6 Å². The molecule has 0 unspecified atom stereocenters. The first-order chi connectivity index (χ1) is 8.51. The molecule has 0 heterocycles. The van der Waals surface area contributed by atoms with Crippen LogP contribution in [-0.2, 0) is 23.8 Å². The van der Waals surface area contributed by atoms with Gasteiger partial charge in [-0.25, -0.2) is 4.79 Å². The number of ether oxygens (including phenoxy) is 3. The van der Waals surface area contributed by atoms with Gasteiger partial charge in [0.25, 0.3) is 0 Å². The fourth-order valence-corrected chi connectivity index (χ4v) is 1.37. The number of hydrogen-bond donors (Lipinski definition) is 1. The second kappa shape index (κ2) is 9.85. The van der Waals surface area contributed by atoms with Gasteiger partial charge in [0.05, 0.1) is 20.3 Å². The molecule has 18 heavy (non-hydrogen) atoms. The summed E-state index contributed by atoms with van der Waals surface area (Å²) in [5.74, 6) is -0.486. The van der Waals surface area contributed by atoms with Crippen molar-refractivity contribution in [2.45, 2.75) is 26.3 Å². The van der Waals surface area contributed by atoms with Crippen molar-refractivity contribution < 1.29 is 23.8 Å². The molecule has 6 heteroatoms. The monoisotopic (exact) mass is 261 g/mol. The summed E-state index contributed by atoms with van der Waals surface area (Å²) in [6.45, 7) is 4.63. The summed E-state index contributed by atoms with van der Waals surface area (Å²) in [5, 5.41) is 2.60. The zero-order chi connectivity index (χ0) is 14.0. The van der Waals surface area contributed by atoms with Crippen LogP contribution in [0.5, 0.6) is 0 Å². The Morgan fingerprint density at radius 3 is 2.33 bits per heavy atom. The number of carbonyl (C=O) groups excluding carboxylic acids is 2. The van der Waals surface area contributed by atoms with Crippen molar-refractivity contribution in [3.8, 4) is 0 Å². The van der Waals surface area contributed by atoms with Gasteiger partial charge in [0, 0.05) is 7.11 Å². The minimum Gasteiger partial charge on any atom is -0.467 e. The number of carbonyl (C=O) groups is 2. The van der Waals surface area contributed by atoms with Crippen LogP contribution in [0.3, 0.4) is 0 Å². The van der Waals surface area contributed by atoms with Crippen LogP contribution >= 0.6 is 0 Å². The Morgan fingerprint density at radius 1 is 1.17 bits per heavy atom. The Morgan fingerprint density at radius 2 is 1.83 bits per heavy atom. The van der Waals surface area contributed by atoms with Gasteiger partial charge < -0.3 is 19.5 Å². The van der Waals surface area contributed by atoms with Crippen LogP contribution in [0.2, 0.25) is 0 Å². The minimum atomic E-state index is -0.617. The molecule has 0 radical (unpaired) electrons. The Labute approximate surface area is 108 Å². The van der Waals surface area contributed by atoms with Crippen molar-refractivity contribution in [3.63, 3.8) is 0 Å². The van der Waals surface area contributed by atoms with Gasteiger partial charge in [0.2, 0.25) is 5.91 Å². The normalized spacial score (nSPS) is 12.3. The van der Waals surface area contributed by atoms with Crippen molar-refractivity contribution in [2.75, 3.05) is 34.0 Å². The Bertz CT molecular complexity index is 255. The lowest BCUT2D eigenvalue weighted by atomic mass is 10.0. The van der Waals surface area contributed by atoms with Crippen molar-refractivity contribution in [1.82, 2.24) is 5.32 Å². The quantitative estimate of drug-likeness (QED) is 0.479. The van der Waals surface area contributed by atoms with Crippen molar-refractivity contribution in [1.29, 1.82) is 0 Å². The third-order valence-electron chi connectivity index (χ3n) is 2.19. The summed E-state index contributed by atoms with van der Waals surface area (Å²) < 4.78 is 14.5. The lowest BCUT2D eigenvalue weighted by Gasteiger charge is -2.18. The van der Waals surface area contributed by atoms with Crippen LogP contribution in [0.25, 0.3) is 0 Å². The molecular formula is C12H23NO5. The molecule has 0 aromatic heterocycles. The second-order valence-corrected chi connectivity index (χ2v) is 4.32. The van der Waals surface area contributed by atoms with Crippen LogP contribution in [0.15, 0.2) is 0 Å². The van der Waals surface area contributed by atoms with Gasteiger partial charge in [-0.1, -0.05) is 13.8 Å².